The van der Waals surface area contributed by atoms with Gasteiger partial charge in [0.1, 0.15) is 18.2 Å². The van der Waals surface area contributed by atoms with Crippen LogP contribution < -0.4 is 0 Å². The smallest absolute Gasteiger partial charge is 0.166 e. The van der Waals surface area contributed by atoms with Crippen LogP contribution in [0.4, 0.5) is 0 Å². The van der Waals surface area contributed by atoms with E-state index in [2.05, 4.69) is 10.0 Å². The zero-order valence-corrected chi connectivity index (χ0v) is 11.2. The molecule has 0 saturated carbocycles. The van der Waals surface area contributed by atoms with Crippen LogP contribution in [0, 0.1) is 0 Å². The van der Waals surface area contributed by atoms with Crippen LogP contribution in [-0.2, 0) is 16.1 Å². The molecule has 0 aliphatic carbocycles. The zero-order valence-electron chi connectivity index (χ0n) is 11.2. The van der Waals surface area contributed by atoms with E-state index in [9.17, 15) is 10.2 Å². The minimum atomic E-state index is -1.44. The van der Waals surface area contributed by atoms with Gasteiger partial charge in [-0.15, -0.1) is 0 Å². The van der Waals surface area contributed by atoms with E-state index >= 15 is 0 Å². The van der Waals surface area contributed by atoms with Crippen molar-refractivity contribution in [2.24, 2.45) is 5.11 Å². The Bertz CT molecular complexity index is 494. The Kier molecular flexibility index (Phi) is 5.51. The fraction of sp³-hybridized carbons (Fsp3) is 0.538. The van der Waals surface area contributed by atoms with Gasteiger partial charge in [0.25, 0.3) is 0 Å². The van der Waals surface area contributed by atoms with Crippen LogP contribution in [-0.4, -0.2) is 52.6 Å². The Hall–Kier alpha value is -1.67. The van der Waals surface area contributed by atoms with Crippen molar-refractivity contribution in [3.63, 3.8) is 0 Å². The second-order valence-corrected chi connectivity index (χ2v) is 4.69. The first kappa shape index (κ1) is 15.7. The number of aliphatic hydroxyl groups excluding tert-OH is 3. The highest BCUT2D eigenvalue weighted by Gasteiger charge is 2.44. The van der Waals surface area contributed by atoms with Crippen LogP contribution in [0.5, 0.6) is 0 Å². The fourth-order valence-electron chi connectivity index (χ4n) is 2.21. The largest absolute Gasteiger partial charge is 0.394 e. The number of nitrogens with zero attached hydrogens (tertiary/aromatic N) is 3. The first-order valence-corrected chi connectivity index (χ1v) is 6.49. The molecule has 1 saturated heterocycles. The maximum absolute atomic E-state index is 10.1. The monoisotopic (exact) mass is 295 g/mol. The molecule has 0 amide bonds. The van der Waals surface area contributed by atoms with Crippen LogP contribution in [0.25, 0.3) is 10.4 Å². The predicted octanol–water partition coefficient (Wildman–Crippen LogP) is 0.321. The van der Waals surface area contributed by atoms with Gasteiger partial charge >= 0.3 is 0 Å². The molecule has 8 nitrogen and oxygen atoms in total. The molecule has 1 aromatic carbocycles. The van der Waals surface area contributed by atoms with Crippen molar-refractivity contribution >= 4 is 0 Å². The number of aliphatic hydroxyl groups is 3. The summed E-state index contributed by atoms with van der Waals surface area (Å²) >= 11 is 0. The zero-order chi connectivity index (χ0) is 15.2. The van der Waals surface area contributed by atoms with Crippen molar-refractivity contribution < 1.29 is 24.8 Å². The summed E-state index contributed by atoms with van der Waals surface area (Å²) in [5.41, 5.74) is 9.42. The molecule has 5 atom stereocenters. The summed E-state index contributed by atoms with van der Waals surface area (Å²) in [5, 5.41) is 32.5. The summed E-state index contributed by atoms with van der Waals surface area (Å²) in [7, 11) is 0. The second kappa shape index (κ2) is 7.37. The number of rotatable bonds is 5. The highest BCUT2D eigenvalue weighted by atomic mass is 16.6. The third-order valence-corrected chi connectivity index (χ3v) is 3.31. The van der Waals surface area contributed by atoms with Crippen LogP contribution in [0.3, 0.4) is 0 Å². The maximum atomic E-state index is 10.1. The van der Waals surface area contributed by atoms with Crippen LogP contribution >= 0.6 is 0 Å². The Morgan fingerprint density at radius 3 is 2.62 bits per heavy atom. The molecule has 0 unspecified atom stereocenters. The normalized spacial score (nSPS) is 32.4. The number of hydrogen-bond acceptors (Lipinski definition) is 6. The summed E-state index contributed by atoms with van der Waals surface area (Å²) in [6, 6.07) is 8.14. The molecule has 0 spiro atoms. The number of ether oxygens (including phenoxy) is 2. The lowest BCUT2D eigenvalue weighted by molar-refractivity contribution is -0.258. The van der Waals surface area contributed by atoms with Gasteiger partial charge in [0.15, 0.2) is 6.29 Å². The lowest BCUT2D eigenvalue weighted by Gasteiger charge is -2.40. The van der Waals surface area contributed by atoms with Gasteiger partial charge < -0.3 is 24.8 Å². The standard InChI is InChI=1S/C13H17N3O5/c14-16-15-10-12(11(18)9(6-17)21-13(10)19)20-7-8-4-2-1-3-5-8/h1-5,9-13,17-19H,6-7H2/t9-,10-,11-,12-,13+/m1/s1. The van der Waals surface area contributed by atoms with Crippen molar-refractivity contribution in [3.05, 3.63) is 46.3 Å². The Labute approximate surface area is 121 Å². The van der Waals surface area contributed by atoms with Gasteiger partial charge in [0, 0.05) is 4.91 Å². The number of hydrogen-bond donors (Lipinski definition) is 3. The van der Waals surface area contributed by atoms with Gasteiger partial charge in [-0.3, -0.25) is 0 Å². The molecule has 21 heavy (non-hydrogen) atoms. The maximum Gasteiger partial charge on any atom is 0.166 e. The first-order chi connectivity index (χ1) is 10.2. The van der Waals surface area contributed by atoms with E-state index in [0.29, 0.717) is 0 Å². The lowest BCUT2D eigenvalue weighted by Crippen LogP contribution is -2.58. The Morgan fingerprint density at radius 2 is 2.00 bits per heavy atom. The first-order valence-electron chi connectivity index (χ1n) is 6.49. The van der Waals surface area contributed by atoms with E-state index in [4.69, 9.17) is 20.1 Å². The predicted molar refractivity (Wildman–Crippen MR) is 71.9 cm³/mol. The van der Waals surface area contributed by atoms with Gasteiger partial charge in [-0.1, -0.05) is 35.4 Å². The molecule has 0 bridgehead atoms. The third-order valence-electron chi connectivity index (χ3n) is 3.31. The van der Waals surface area contributed by atoms with Crippen molar-refractivity contribution in [2.45, 2.75) is 37.3 Å². The molecule has 1 heterocycles. The van der Waals surface area contributed by atoms with E-state index in [0.717, 1.165) is 5.56 Å². The molecule has 8 heteroatoms. The summed E-state index contributed by atoms with van der Waals surface area (Å²) < 4.78 is 10.6. The molecular weight excluding hydrogens is 278 g/mol. The Morgan fingerprint density at radius 1 is 1.29 bits per heavy atom. The molecule has 1 aromatic rings. The number of azide groups is 1. The van der Waals surface area contributed by atoms with Crippen LogP contribution in [0.15, 0.2) is 35.4 Å². The molecule has 0 radical (unpaired) electrons. The average Bonchev–Trinajstić information content (AvgIpc) is 2.51. The highest BCUT2D eigenvalue weighted by molar-refractivity contribution is 5.13. The van der Waals surface area contributed by atoms with Crippen molar-refractivity contribution in [1.29, 1.82) is 0 Å². The van der Waals surface area contributed by atoms with E-state index < -0.39 is 37.3 Å². The molecule has 0 aromatic heterocycles. The SMILES string of the molecule is [N-]=[N+]=N[C@@H]1[C@@H](OCc2ccccc2)[C@H](O)[C@@H](CO)O[C@@H]1O. The van der Waals surface area contributed by atoms with Gasteiger partial charge in [-0.25, -0.2) is 0 Å². The molecule has 114 valence electrons. The van der Waals surface area contributed by atoms with Crippen LogP contribution in [0.2, 0.25) is 0 Å². The molecule has 1 fully saturated rings. The summed E-state index contributed by atoms with van der Waals surface area (Å²) in [4.78, 5) is 2.63. The molecule has 3 N–H and O–H groups in total. The third kappa shape index (κ3) is 3.70. The second-order valence-electron chi connectivity index (χ2n) is 4.69. The summed E-state index contributed by atoms with van der Waals surface area (Å²) in [6.45, 7) is -0.308. The minimum absolute atomic E-state index is 0.172. The van der Waals surface area contributed by atoms with Gasteiger partial charge in [-0.05, 0) is 11.1 Å². The van der Waals surface area contributed by atoms with Crippen molar-refractivity contribution in [2.75, 3.05) is 6.61 Å². The van der Waals surface area contributed by atoms with Crippen molar-refractivity contribution in [3.8, 4) is 0 Å². The molecule has 1 aliphatic heterocycles. The average molecular weight is 295 g/mol. The minimum Gasteiger partial charge on any atom is -0.394 e. The molecule has 1 aliphatic rings. The lowest BCUT2D eigenvalue weighted by atomic mass is 9.97. The molecular formula is C13H17N3O5. The van der Waals surface area contributed by atoms with Crippen LogP contribution in [0.1, 0.15) is 5.56 Å². The van der Waals surface area contributed by atoms with E-state index in [1.807, 2.05) is 30.3 Å². The van der Waals surface area contributed by atoms with Crippen molar-refractivity contribution in [1.82, 2.24) is 0 Å². The number of benzene rings is 1. The highest BCUT2D eigenvalue weighted by Crippen LogP contribution is 2.25. The quantitative estimate of drug-likeness (QED) is 0.409. The van der Waals surface area contributed by atoms with E-state index in [-0.39, 0.29) is 6.61 Å². The fourth-order valence-corrected chi connectivity index (χ4v) is 2.21. The topological polar surface area (TPSA) is 128 Å². The molecule has 2 rings (SSSR count). The van der Waals surface area contributed by atoms with Gasteiger partial charge in [0.05, 0.1) is 19.3 Å². The summed E-state index contributed by atoms with van der Waals surface area (Å²) in [5.74, 6) is 0. The van der Waals surface area contributed by atoms with Gasteiger partial charge in [-0.2, -0.15) is 0 Å². The van der Waals surface area contributed by atoms with E-state index in [1.165, 1.54) is 0 Å². The van der Waals surface area contributed by atoms with E-state index in [1.54, 1.807) is 0 Å². The van der Waals surface area contributed by atoms with Gasteiger partial charge in [0.2, 0.25) is 0 Å². The Balaban J connectivity index is 2.11. The summed E-state index contributed by atoms with van der Waals surface area (Å²) in [6.07, 6.45) is -4.62.